The van der Waals surface area contributed by atoms with Crippen LogP contribution >= 0.6 is 15.9 Å². The number of nitrogens with zero attached hydrogens (tertiary/aromatic N) is 1. The zero-order chi connectivity index (χ0) is 9.84. The molecule has 13 heavy (non-hydrogen) atoms. The Labute approximate surface area is 84.2 Å². The molecule has 1 aromatic rings. The third-order valence-corrected chi connectivity index (χ3v) is 2.26. The normalized spacial score (nSPS) is 10.6. The van der Waals surface area contributed by atoms with Crippen molar-refractivity contribution in [1.82, 2.24) is 4.98 Å². The van der Waals surface area contributed by atoms with Crippen LogP contribution in [0.4, 0.5) is 0 Å². The second-order valence-electron chi connectivity index (χ2n) is 2.52. The first-order chi connectivity index (χ1) is 6.09. The monoisotopic (exact) mass is 241 g/mol. The van der Waals surface area contributed by atoms with E-state index in [0.29, 0.717) is 5.69 Å². The van der Waals surface area contributed by atoms with E-state index in [4.69, 9.17) is 5.11 Å². The molecule has 0 bridgehead atoms. The van der Waals surface area contributed by atoms with Crippen molar-refractivity contribution in [2.75, 3.05) is 0 Å². The predicted molar refractivity (Wildman–Crippen MR) is 53.3 cm³/mol. The van der Waals surface area contributed by atoms with E-state index in [1.165, 1.54) is 6.08 Å². The fourth-order valence-electron chi connectivity index (χ4n) is 0.767. The van der Waals surface area contributed by atoms with Gasteiger partial charge in [-0.1, -0.05) is 6.07 Å². The Morgan fingerprint density at radius 1 is 1.62 bits per heavy atom. The van der Waals surface area contributed by atoms with E-state index in [9.17, 15) is 4.79 Å². The van der Waals surface area contributed by atoms with E-state index in [1.54, 1.807) is 6.07 Å². The summed E-state index contributed by atoms with van der Waals surface area (Å²) in [5.41, 5.74) is 1.65. The molecule has 1 N–H and O–H groups in total. The van der Waals surface area contributed by atoms with Crippen molar-refractivity contribution in [1.29, 1.82) is 0 Å². The van der Waals surface area contributed by atoms with Crippen LogP contribution in [-0.2, 0) is 4.79 Å². The number of carbonyl (C=O) groups is 1. The number of hydrogen-bond acceptors (Lipinski definition) is 2. The van der Waals surface area contributed by atoms with Crippen molar-refractivity contribution >= 4 is 28.0 Å². The molecule has 0 spiro atoms. The number of aryl methyl sites for hydroxylation is 1. The first-order valence-corrected chi connectivity index (χ1v) is 4.43. The average Bonchev–Trinajstić information content (AvgIpc) is 2.07. The Balaban J connectivity index is 2.92. The minimum Gasteiger partial charge on any atom is -0.478 e. The fraction of sp³-hybridized carbons (Fsp3) is 0.111. The molecule has 0 aliphatic carbocycles. The van der Waals surface area contributed by atoms with Crippen LogP contribution in [0.3, 0.4) is 0 Å². The fourth-order valence-corrected chi connectivity index (χ4v) is 1.10. The number of halogens is 1. The molecule has 0 saturated heterocycles. The highest BCUT2D eigenvalue weighted by atomic mass is 79.9. The van der Waals surface area contributed by atoms with Gasteiger partial charge in [-0.25, -0.2) is 9.78 Å². The van der Waals surface area contributed by atoms with Crippen molar-refractivity contribution < 1.29 is 9.90 Å². The molecule has 0 saturated carbocycles. The second-order valence-corrected chi connectivity index (χ2v) is 3.27. The number of carboxylic acid groups (broad SMARTS) is 1. The predicted octanol–water partition coefficient (Wildman–Crippen LogP) is 2.25. The minimum atomic E-state index is -0.974. The highest BCUT2D eigenvalue weighted by molar-refractivity contribution is 9.10. The minimum absolute atomic E-state index is 0.625. The van der Waals surface area contributed by atoms with Gasteiger partial charge in [-0.3, -0.25) is 0 Å². The molecular formula is C9H8BrNO2. The summed E-state index contributed by atoms with van der Waals surface area (Å²) in [5, 5.41) is 8.37. The summed E-state index contributed by atoms with van der Waals surface area (Å²) in [4.78, 5) is 14.3. The number of hydrogen-bond donors (Lipinski definition) is 1. The summed E-state index contributed by atoms with van der Waals surface area (Å²) in [6.45, 7) is 1.92. The zero-order valence-corrected chi connectivity index (χ0v) is 8.58. The van der Waals surface area contributed by atoms with Crippen LogP contribution in [0.25, 0.3) is 6.08 Å². The van der Waals surface area contributed by atoms with Gasteiger partial charge in [-0.2, -0.15) is 0 Å². The summed E-state index contributed by atoms with van der Waals surface area (Å²) in [6, 6.07) is 3.64. The molecule has 0 fully saturated rings. The summed E-state index contributed by atoms with van der Waals surface area (Å²) < 4.78 is 0.736. The Morgan fingerprint density at radius 2 is 2.31 bits per heavy atom. The quantitative estimate of drug-likeness (QED) is 0.639. The number of rotatable bonds is 2. The van der Waals surface area contributed by atoms with Crippen LogP contribution in [0.2, 0.25) is 0 Å². The number of pyridine rings is 1. The standard InChI is InChI=1S/C9H8BrNO2/c1-6-2-3-7(11-9(6)10)4-5-8(12)13/h2-5H,1H3,(H,12,13)/b5-4+. The first kappa shape index (κ1) is 9.92. The third-order valence-electron chi connectivity index (χ3n) is 1.45. The lowest BCUT2D eigenvalue weighted by molar-refractivity contribution is -0.131. The topological polar surface area (TPSA) is 50.2 Å². The second kappa shape index (κ2) is 4.18. The zero-order valence-electron chi connectivity index (χ0n) is 6.99. The number of carboxylic acids is 1. The molecule has 0 aromatic carbocycles. The van der Waals surface area contributed by atoms with Crippen LogP contribution in [-0.4, -0.2) is 16.1 Å². The molecule has 1 heterocycles. The van der Waals surface area contributed by atoms with Gasteiger partial charge < -0.3 is 5.11 Å². The van der Waals surface area contributed by atoms with Crippen molar-refractivity contribution in [2.45, 2.75) is 6.92 Å². The van der Waals surface area contributed by atoms with Gasteiger partial charge in [-0.05, 0) is 40.6 Å². The SMILES string of the molecule is Cc1ccc(/C=C/C(=O)O)nc1Br. The molecule has 1 aromatic heterocycles. The van der Waals surface area contributed by atoms with E-state index in [1.807, 2.05) is 13.0 Å². The first-order valence-electron chi connectivity index (χ1n) is 3.64. The summed E-state index contributed by atoms with van der Waals surface area (Å²) >= 11 is 3.26. The molecule has 0 aliphatic heterocycles. The lowest BCUT2D eigenvalue weighted by atomic mass is 10.2. The van der Waals surface area contributed by atoms with Gasteiger partial charge in [0.15, 0.2) is 0 Å². The molecule has 0 radical (unpaired) electrons. The van der Waals surface area contributed by atoms with Crippen LogP contribution in [0, 0.1) is 6.92 Å². The Morgan fingerprint density at radius 3 is 2.85 bits per heavy atom. The molecule has 3 nitrogen and oxygen atoms in total. The third kappa shape index (κ3) is 2.99. The maximum Gasteiger partial charge on any atom is 0.328 e. The maximum atomic E-state index is 10.2. The highest BCUT2D eigenvalue weighted by Gasteiger charge is 1.96. The van der Waals surface area contributed by atoms with Gasteiger partial charge in [0.2, 0.25) is 0 Å². The maximum absolute atomic E-state index is 10.2. The summed E-state index contributed by atoms with van der Waals surface area (Å²) in [7, 11) is 0. The molecular weight excluding hydrogens is 234 g/mol. The molecule has 4 heteroatoms. The highest BCUT2D eigenvalue weighted by Crippen LogP contribution is 2.13. The lowest BCUT2D eigenvalue weighted by Gasteiger charge is -1.97. The van der Waals surface area contributed by atoms with Gasteiger partial charge in [-0.15, -0.1) is 0 Å². The largest absolute Gasteiger partial charge is 0.478 e. The van der Waals surface area contributed by atoms with Crippen LogP contribution < -0.4 is 0 Å². The van der Waals surface area contributed by atoms with Gasteiger partial charge >= 0.3 is 5.97 Å². The van der Waals surface area contributed by atoms with E-state index < -0.39 is 5.97 Å². The van der Waals surface area contributed by atoms with Crippen molar-refractivity contribution in [3.05, 3.63) is 34.1 Å². The van der Waals surface area contributed by atoms with Gasteiger partial charge in [0.05, 0.1) is 5.69 Å². The molecule has 0 unspecified atom stereocenters. The molecule has 68 valence electrons. The summed E-state index contributed by atoms with van der Waals surface area (Å²) in [5.74, 6) is -0.974. The summed E-state index contributed by atoms with van der Waals surface area (Å²) in [6.07, 6.45) is 2.51. The van der Waals surface area contributed by atoms with Crippen molar-refractivity contribution in [3.63, 3.8) is 0 Å². The smallest absolute Gasteiger partial charge is 0.328 e. The van der Waals surface area contributed by atoms with Gasteiger partial charge in [0.1, 0.15) is 4.60 Å². The van der Waals surface area contributed by atoms with Crippen LogP contribution in [0.5, 0.6) is 0 Å². The van der Waals surface area contributed by atoms with Gasteiger partial charge in [0.25, 0.3) is 0 Å². The van der Waals surface area contributed by atoms with Gasteiger partial charge in [0, 0.05) is 6.08 Å². The lowest BCUT2D eigenvalue weighted by Crippen LogP contribution is -1.88. The molecule has 0 aliphatic rings. The van der Waals surface area contributed by atoms with E-state index in [0.717, 1.165) is 16.2 Å². The number of aliphatic carboxylic acids is 1. The Bertz CT molecular complexity index is 361. The van der Waals surface area contributed by atoms with Crippen LogP contribution in [0.15, 0.2) is 22.8 Å². The van der Waals surface area contributed by atoms with Crippen molar-refractivity contribution in [3.8, 4) is 0 Å². The molecule has 0 amide bonds. The Hall–Kier alpha value is -1.16. The van der Waals surface area contributed by atoms with E-state index in [-0.39, 0.29) is 0 Å². The number of aromatic nitrogens is 1. The molecule has 1 rings (SSSR count). The average molecular weight is 242 g/mol. The Kier molecular flexibility index (Phi) is 3.19. The van der Waals surface area contributed by atoms with E-state index >= 15 is 0 Å². The molecule has 0 atom stereocenters. The van der Waals surface area contributed by atoms with E-state index in [2.05, 4.69) is 20.9 Å². The van der Waals surface area contributed by atoms with Crippen molar-refractivity contribution in [2.24, 2.45) is 0 Å². The van der Waals surface area contributed by atoms with Crippen LogP contribution in [0.1, 0.15) is 11.3 Å².